The minimum atomic E-state index is -0.268. The Bertz CT molecular complexity index is 680. The number of benzene rings is 2. The molecule has 0 aliphatic heterocycles. The highest BCUT2D eigenvalue weighted by Crippen LogP contribution is 2.32. The standard InChI is InChI=1S/C20H24N2O2S2/c1-13-5-9-17(10-6-13)21-19(23)15(3)25-26-16(4)20(24)22-18-11-7-14(2)8-12-18/h5-12,15-16H,1-4H3,(H,21,23)(H,22,24). The third-order valence-corrected chi connectivity index (χ3v) is 6.90. The summed E-state index contributed by atoms with van der Waals surface area (Å²) in [5.41, 5.74) is 3.86. The first kappa shape index (κ1) is 20.4. The van der Waals surface area contributed by atoms with E-state index in [2.05, 4.69) is 10.6 Å². The van der Waals surface area contributed by atoms with Gasteiger partial charge in [-0.05, 0) is 52.0 Å². The van der Waals surface area contributed by atoms with E-state index in [1.165, 1.54) is 21.6 Å². The van der Waals surface area contributed by atoms with Gasteiger partial charge in [0.05, 0.1) is 10.5 Å². The van der Waals surface area contributed by atoms with Crippen LogP contribution in [0.5, 0.6) is 0 Å². The topological polar surface area (TPSA) is 58.2 Å². The summed E-state index contributed by atoms with van der Waals surface area (Å²) in [6, 6.07) is 15.4. The molecule has 2 amide bonds. The average Bonchev–Trinajstić information content (AvgIpc) is 2.63. The second-order valence-electron chi connectivity index (χ2n) is 6.19. The van der Waals surface area contributed by atoms with E-state index in [4.69, 9.17) is 0 Å². The lowest BCUT2D eigenvalue weighted by atomic mass is 10.2. The number of hydrogen-bond acceptors (Lipinski definition) is 4. The molecule has 0 saturated carbocycles. The van der Waals surface area contributed by atoms with Gasteiger partial charge in [0.2, 0.25) is 11.8 Å². The van der Waals surface area contributed by atoms with Crippen molar-refractivity contribution in [2.75, 3.05) is 10.6 Å². The molecule has 4 nitrogen and oxygen atoms in total. The number of carbonyl (C=O) groups is 2. The molecule has 26 heavy (non-hydrogen) atoms. The van der Waals surface area contributed by atoms with Crippen molar-refractivity contribution in [3.63, 3.8) is 0 Å². The van der Waals surface area contributed by atoms with Crippen LogP contribution in [0.2, 0.25) is 0 Å². The lowest BCUT2D eigenvalue weighted by Crippen LogP contribution is -2.24. The lowest BCUT2D eigenvalue weighted by molar-refractivity contribution is -0.116. The van der Waals surface area contributed by atoms with Crippen molar-refractivity contribution in [2.24, 2.45) is 0 Å². The molecule has 2 N–H and O–H groups in total. The summed E-state index contributed by atoms with van der Waals surface area (Å²) in [5, 5.41) is 5.25. The average molecular weight is 389 g/mol. The third kappa shape index (κ3) is 6.42. The Kier molecular flexibility index (Phi) is 7.60. The molecule has 0 spiro atoms. The van der Waals surface area contributed by atoms with Gasteiger partial charge in [-0.3, -0.25) is 9.59 Å². The summed E-state index contributed by atoms with van der Waals surface area (Å²) in [7, 11) is 2.80. The molecule has 0 aliphatic carbocycles. The van der Waals surface area contributed by atoms with Crippen LogP contribution in [-0.2, 0) is 9.59 Å². The molecular weight excluding hydrogens is 364 g/mol. The Morgan fingerprint density at radius 3 is 1.31 bits per heavy atom. The Hall–Kier alpha value is -1.92. The van der Waals surface area contributed by atoms with Gasteiger partial charge in [-0.1, -0.05) is 57.0 Å². The zero-order chi connectivity index (χ0) is 19.1. The highest BCUT2D eigenvalue weighted by atomic mass is 33.1. The van der Waals surface area contributed by atoms with Crippen molar-refractivity contribution in [3.05, 3.63) is 59.7 Å². The fourth-order valence-corrected chi connectivity index (χ4v) is 4.17. The largest absolute Gasteiger partial charge is 0.325 e. The molecule has 2 unspecified atom stereocenters. The van der Waals surface area contributed by atoms with Crippen LogP contribution in [0, 0.1) is 13.8 Å². The molecule has 2 atom stereocenters. The lowest BCUT2D eigenvalue weighted by Gasteiger charge is -2.15. The molecule has 0 aliphatic rings. The fraction of sp³-hybridized carbons (Fsp3) is 0.300. The van der Waals surface area contributed by atoms with E-state index in [1.54, 1.807) is 0 Å². The van der Waals surface area contributed by atoms with Crippen molar-refractivity contribution in [2.45, 2.75) is 38.2 Å². The van der Waals surface area contributed by atoms with E-state index in [0.717, 1.165) is 22.5 Å². The maximum absolute atomic E-state index is 12.3. The minimum absolute atomic E-state index is 0.0718. The molecule has 0 fully saturated rings. The highest BCUT2D eigenvalue weighted by Gasteiger charge is 2.19. The van der Waals surface area contributed by atoms with E-state index in [0.29, 0.717) is 0 Å². The third-order valence-electron chi connectivity index (χ3n) is 3.72. The van der Waals surface area contributed by atoms with Gasteiger partial charge in [-0.15, -0.1) is 0 Å². The van der Waals surface area contributed by atoms with Crippen molar-refractivity contribution in [1.82, 2.24) is 0 Å². The summed E-state index contributed by atoms with van der Waals surface area (Å²) >= 11 is 0. The quantitative estimate of drug-likeness (QED) is 0.653. The first-order valence-electron chi connectivity index (χ1n) is 8.42. The number of anilines is 2. The predicted molar refractivity (Wildman–Crippen MR) is 114 cm³/mol. The van der Waals surface area contributed by atoms with Crippen LogP contribution in [0.4, 0.5) is 11.4 Å². The zero-order valence-corrected chi connectivity index (χ0v) is 17.0. The number of nitrogens with one attached hydrogen (secondary N) is 2. The Labute approximate surface area is 162 Å². The fourth-order valence-electron chi connectivity index (χ4n) is 2.02. The van der Waals surface area contributed by atoms with Crippen LogP contribution in [0.15, 0.2) is 48.5 Å². The predicted octanol–water partition coefficient (Wildman–Crippen LogP) is 5.04. The molecule has 6 heteroatoms. The second kappa shape index (κ2) is 9.69. The maximum Gasteiger partial charge on any atom is 0.238 e. The van der Waals surface area contributed by atoms with Crippen LogP contribution in [0.3, 0.4) is 0 Å². The molecule has 0 heterocycles. The van der Waals surface area contributed by atoms with Gasteiger partial charge in [0.25, 0.3) is 0 Å². The second-order valence-corrected chi connectivity index (χ2v) is 9.14. The monoisotopic (exact) mass is 388 g/mol. The van der Waals surface area contributed by atoms with Gasteiger partial charge >= 0.3 is 0 Å². The van der Waals surface area contributed by atoms with Gasteiger partial charge in [-0.25, -0.2) is 0 Å². The molecule has 2 aromatic rings. The van der Waals surface area contributed by atoms with E-state index in [9.17, 15) is 9.59 Å². The highest BCUT2D eigenvalue weighted by molar-refractivity contribution is 8.77. The normalized spacial score (nSPS) is 12.9. The van der Waals surface area contributed by atoms with Gasteiger partial charge in [0.15, 0.2) is 0 Å². The first-order valence-corrected chi connectivity index (χ1v) is 10.7. The maximum atomic E-state index is 12.3. The number of aryl methyl sites for hydroxylation is 2. The van der Waals surface area contributed by atoms with Crippen LogP contribution >= 0.6 is 21.6 Å². The van der Waals surface area contributed by atoms with Gasteiger partial charge in [-0.2, -0.15) is 0 Å². The van der Waals surface area contributed by atoms with E-state index >= 15 is 0 Å². The molecular formula is C20H24N2O2S2. The molecule has 2 aromatic carbocycles. The number of hydrogen-bond donors (Lipinski definition) is 2. The Balaban J connectivity index is 1.78. The van der Waals surface area contributed by atoms with E-state index < -0.39 is 0 Å². The minimum Gasteiger partial charge on any atom is -0.325 e. The SMILES string of the molecule is Cc1ccc(NC(=O)C(C)SSC(C)C(=O)Nc2ccc(C)cc2)cc1. The molecule has 0 aromatic heterocycles. The van der Waals surface area contributed by atoms with E-state index in [1.807, 2.05) is 76.2 Å². The van der Waals surface area contributed by atoms with Crippen molar-refractivity contribution in [3.8, 4) is 0 Å². The number of amides is 2. The number of rotatable bonds is 7. The van der Waals surface area contributed by atoms with Gasteiger partial charge < -0.3 is 10.6 Å². The molecule has 0 saturated heterocycles. The van der Waals surface area contributed by atoms with Gasteiger partial charge in [0, 0.05) is 11.4 Å². The summed E-state index contributed by atoms with van der Waals surface area (Å²) in [6.07, 6.45) is 0. The molecule has 2 rings (SSSR count). The molecule has 138 valence electrons. The van der Waals surface area contributed by atoms with Crippen LogP contribution < -0.4 is 10.6 Å². The molecule has 0 bridgehead atoms. The summed E-state index contributed by atoms with van der Waals surface area (Å²) in [6.45, 7) is 7.69. The van der Waals surface area contributed by atoms with Crippen LogP contribution in [0.1, 0.15) is 25.0 Å². The first-order chi connectivity index (χ1) is 12.3. The van der Waals surface area contributed by atoms with Crippen molar-refractivity contribution < 1.29 is 9.59 Å². The van der Waals surface area contributed by atoms with Gasteiger partial charge in [0.1, 0.15) is 0 Å². The smallest absolute Gasteiger partial charge is 0.238 e. The van der Waals surface area contributed by atoms with Crippen molar-refractivity contribution >= 4 is 44.8 Å². The number of carbonyl (C=O) groups excluding carboxylic acids is 2. The summed E-state index contributed by atoms with van der Waals surface area (Å²) in [5.74, 6) is -0.144. The zero-order valence-electron chi connectivity index (χ0n) is 15.4. The summed E-state index contributed by atoms with van der Waals surface area (Å²) in [4.78, 5) is 24.5. The van der Waals surface area contributed by atoms with E-state index in [-0.39, 0.29) is 22.3 Å². The summed E-state index contributed by atoms with van der Waals surface area (Å²) < 4.78 is 0. The van der Waals surface area contributed by atoms with Crippen molar-refractivity contribution in [1.29, 1.82) is 0 Å². The Morgan fingerprint density at radius 1 is 0.692 bits per heavy atom. The Morgan fingerprint density at radius 2 is 1.00 bits per heavy atom. The molecule has 0 radical (unpaired) electrons. The van der Waals surface area contributed by atoms with Crippen LogP contribution in [-0.4, -0.2) is 22.3 Å². The van der Waals surface area contributed by atoms with Crippen LogP contribution in [0.25, 0.3) is 0 Å².